The van der Waals surface area contributed by atoms with Crippen molar-refractivity contribution in [3.05, 3.63) is 83.9 Å². The second-order valence-corrected chi connectivity index (χ2v) is 6.32. The monoisotopic (exact) mass is 372 g/mol. The largest absolute Gasteiger partial charge is 0.497 e. The number of ether oxygens (including phenoxy) is 2. The molecule has 0 atom stereocenters. The minimum Gasteiger partial charge on any atom is -0.497 e. The number of hydrogen-bond acceptors (Lipinski definition) is 4. The van der Waals surface area contributed by atoms with E-state index in [0.29, 0.717) is 27.8 Å². The molecule has 0 saturated heterocycles. The van der Waals surface area contributed by atoms with Gasteiger partial charge < -0.3 is 14.6 Å². The lowest BCUT2D eigenvalue weighted by molar-refractivity contribution is 0.0694. The summed E-state index contributed by atoms with van der Waals surface area (Å²) >= 11 is 0. The van der Waals surface area contributed by atoms with E-state index >= 15 is 0 Å². The molecule has 4 rings (SSSR count). The smallest absolute Gasteiger partial charge is 0.343 e. The van der Waals surface area contributed by atoms with Crippen LogP contribution in [0.5, 0.6) is 11.5 Å². The first-order valence-electron chi connectivity index (χ1n) is 8.61. The Morgan fingerprint density at radius 2 is 1.50 bits per heavy atom. The highest BCUT2D eigenvalue weighted by Gasteiger charge is 2.14. The summed E-state index contributed by atoms with van der Waals surface area (Å²) < 4.78 is 10.9. The van der Waals surface area contributed by atoms with E-state index < -0.39 is 11.9 Å². The Morgan fingerprint density at radius 1 is 0.786 bits per heavy atom. The third-order valence-electron chi connectivity index (χ3n) is 4.56. The molecule has 5 heteroatoms. The summed E-state index contributed by atoms with van der Waals surface area (Å²) in [5.74, 6) is -0.747. The van der Waals surface area contributed by atoms with Gasteiger partial charge in [-0.3, -0.25) is 0 Å². The van der Waals surface area contributed by atoms with E-state index in [1.54, 1.807) is 30.3 Å². The molecular weight excluding hydrogens is 356 g/mol. The first-order chi connectivity index (χ1) is 13.5. The van der Waals surface area contributed by atoms with Crippen molar-refractivity contribution in [2.45, 2.75) is 0 Å². The lowest BCUT2D eigenvalue weighted by atomic mass is 10.1. The van der Waals surface area contributed by atoms with Gasteiger partial charge in [-0.15, -0.1) is 0 Å². The molecule has 5 nitrogen and oxygen atoms in total. The first kappa shape index (κ1) is 17.5. The summed E-state index contributed by atoms with van der Waals surface area (Å²) in [4.78, 5) is 24.0. The normalized spacial score (nSPS) is 10.8. The van der Waals surface area contributed by atoms with Crippen LogP contribution in [-0.2, 0) is 0 Å². The quantitative estimate of drug-likeness (QED) is 0.407. The number of methoxy groups -OCH3 is 1. The van der Waals surface area contributed by atoms with Crippen LogP contribution in [0.4, 0.5) is 0 Å². The predicted octanol–water partition coefficient (Wildman–Crippen LogP) is 4.92. The van der Waals surface area contributed by atoms with Crippen LogP contribution in [0.3, 0.4) is 0 Å². The van der Waals surface area contributed by atoms with Crippen LogP contribution in [0.1, 0.15) is 20.7 Å². The fraction of sp³-hybridized carbons (Fsp3) is 0.0435. The molecule has 0 aliphatic rings. The van der Waals surface area contributed by atoms with Crippen molar-refractivity contribution in [1.29, 1.82) is 0 Å². The van der Waals surface area contributed by atoms with Gasteiger partial charge in [0.1, 0.15) is 11.5 Å². The van der Waals surface area contributed by atoms with Crippen molar-refractivity contribution >= 4 is 33.5 Å². The molecule has 28 heavy (non-hydrogen) atoms. The van der Waals surface area contributed by atoms with Gasteiger partial charge in [0.25, 0.3) is 0 Å². The Balaban J connectivity index is 1.74. The third-order valence-corrected chi connectivity index (χ3v) is 4.56. The van der Waals surface area contributed by atoms with Gasteiger partial charge in [0.2, 0.25) is 0 Å². The Bertz CT molecular complexity index is 1230. The average molecular weight is 372 g/mol. The van der Waals surface area contributed by atoms with E-state index in [2.05, 4.69) is 0 Å². The molecule has 0 bridgehead atoms. The zero-order chi connectivity index (χ0) is 19.7. The maximum absolute atomic E-state index is 12.7. The van der Waals surface area contributed by atoms with Crippen molar-refractivity contribution < 1.29 is 24.2 Å². The highest BCUT2D eigenvalue weighted by Crippen LogP contribution is 2.32. The van der Waals surface area contributed by atoms with Gasteiger partial charge in [0.05, 0.1) is 18.2 Å². The molecule has 0 amide bonds. The van der Waals surface area contributed by atoms with E-state index in [4.69, 9.17) is 9.47 Å². The number of rotatable bonds is 4. The van der Waals surface area contributed by atoms with Gasteiger partial charge in [-0.2, -0.15) is 0 Å². The van der Waals surface area contributed by atoms with E-state index in [1.165, 1.54) is 19.2 Å². The lowest BCUT2D eigenvalue weighted by Crippen LogP contribution is -2.09. The van der Waals surface area contributed by atoms with Crippen molar-refractivity contribution in [2.24, 2.45) is 0 Å². The summed E-state index contributed by atoms with van der Waals surface area (Å²) in [5.41, 5.74) is 0.574. The van der Waals surface area contributed by atoms with E-state index in [0.717, 1.165) is 10.8 Å². The summed E-state index contributed by atoms with van der Waals surface area (Å²) in [6, 6.07) is 21.1. The topological polar surface area (TPSA) is 72.8 Å². The van der Waals surface area contributed by atoms with E-state index in [1.807, 2.05) is 30.3 Å². The van der Waals surface area contributed by atoms with Crippen LogP contribution < -0.4 is 9.47 Å². The van der Waals surface area contributed by atoms with Crippen LogP contribution in [0.15, 0.2) is 72.8 Å². The van der Waals surface area contributed by atoms with Crippen molar-refractivity contribution in [2.75, 3.05) is 7.11 Å². The fourth-order valence-electron chi connectivity index (χ4n) is 3.12. The van der Waals surface area contributed by atoms with Gasteiger partial charge in [-0.1, -0.05) is 30.3 Å². The highest BCUT2D eigenvalue weighted by atomic mass is 16.5. The zero-order valence-corrected chi connectivity index (χ0v) is 15.0. The van der Waals surface area contributed by atoms with Gasteiger partial charge in [-0.05, 0) is 52.6 Å². The first-order valence-corrected chi connectivity index (χ1v) is 8.61. The van der Waals surface area contributed by atoms with Crippen LogP contribution in [0.25, 0.3) is 21.5 Å². The molecule has 138 valence electrons. The summed E-state index contributed by atoms with van der Waals surface area (Å²) in [6.45, 7) is 0. The molecule has 0 fully saturated rings. The number of fused-ring (bicyclic) bond motifs is 2. The number of carbonyl (C=O) groups excluding carboxylic acids is 1. The molecule has 0 aliphatic carbocycles. The molecule has 0 aromatic heterocycles. The maximum Gasteiger partial charge on any atom is 0.343 e. The molecule has 0 saturated carbocycles. The number of aromatic carboxylic acids is 1. The van der Waals surface area contributed by atoms with Gasteiger partial charge in [0, 0.05) is 11.5 Å². The lowest BCUT2D eigenvalue weighted by Gasteiger charge is -2.11. The molecule has 4 aromatic rings. The number of esters is 1. The van der Waals surface area contributed by atoms with Crippen molar-refractivity contribution in [1.82, 2.24) is 0 Å². The molecule has 4 aromatic carbocycles. The number of hydrogen-bond donors (Lipinski definition) is 1. The molecule has 0 unspecified atom stereocenters. The molecule has 1 N–H and O–H groups in total. The number of carboxylic acids is 1. The molecule has 0 radical (unpaired) electrons. The Labute approximate surface area is 160 Å². The summed E-state index contributed by atoms with van der Waals surface area (Å²) in [7, 11) is 1.50. The van der Waals surface area contributed by atoms with Crippen molar-refractivity contribution in [3.63, 3.8) is 0 Å². The SMILES string of the molecule is COc1cc(OC(=O)c2ccc3ccccc3c2)c2ccc(C(=O)O)cc2c1. The van der Waals surface area contributed by atoms with Crippen LogP contribution in [0.2, 0.25) is 0 Å². The third kappa shape index (κ3) is 3.25. The number of benzene rings is 4. The van der Waals surface area contributed by atoms with Gasteiger partial charge in [0.15, 0.2) is 0 Å². The summed E-state index contributed by atoms with van der Waals surface area (Å²) in [5, 5.41) is 12.4. The number of carbonyl (C=O) groups is 2. The average Bonchev–Trinajstić information content (AvgIpc) is 2.72. The van der Waals surface area contributed by atoms with Crippen LogP contribution in [0, 0.1) is 0 Å². The molecule has 0 aliphatic heterocycles. The molecule has 0 heterocycles. The Kier molecular flexibility index (Phi) is 4.41. The molecular formula is C23H16O5. The minimum atomic E-state index is -1.03. The number of carboxylic acid groups (broad SMARTS) is 1. The minimum absolute atomic E-state index is 0.146. The van der Waals surface area contributed by atoms with Crippen LogP contribution >= 0.6 is 0 Å². The van der Waals surface area contributed by atoms with Gasteiger partial charge in [-0.25, -0.2) is 9.59 Å². The van der Waals surface area contributed by atoms with Gasteiger partial charge >= 0.3 is 11.9 Å². The van der Waals surface area contributed by atoms with E-state index in [-0.39, 0.29) is 5.56 Å². The zero-order valence-electron chi connectivity index (χ0n) is 15.0. The summed E-state index contributed by atoms with van der Waals surface area (Å²) in [6.07, 6.45) is 0. The highest BCUT2D eigenvalue weighted by molar-refractivity contribution is 6.00. The Hall–Kier alpha value is -3.86. The second-order valence-electron chi connectivity index (χ2n) is 6.32. The second kappa shape index (κ2) is 7.04. The van der Waals surface area contributed by atoms with E-state index in [9.17, 15) is 14.7 Å². The standard InChI is InChI=1S/C23H16O5/c1-27-19-12-18-11-16(22(24)25)8-9-20(18)21(13-19)28-23(26)17-7-6-14-4-2-3-5-15(14)10-17/h2-13H,1H3,(H,24,25). The maximum atomic E-state index is 12.7. The van der Waals surface area contributed by atoms with Crippen molar-refractivity contribution in [3.8, 4) is 11.5 Å². The predicted molar refractivity (Wildman–Crippen MR) is 106 cm³/mol. The molecule has 0 spiro atoms. The fourth-order valence-corrected chi connectivity index (χ4v) is 3.12. The van der Waals surface area contributed by atoms with Crippen LogP contribution in [-0.4, -0.2) is 24.2 Å². The Morgan fingerprint density at radius 3 is 2.25 bits per heavy atom.